The van der Waals surface area contributed by atoms with E-state index in [0.29, 0.717) is 6.04 Å². The van der Waals surface area contributed by atoms with Crippen LogP contribution in [0.25, 0.3) is 21.9 Å². The van der Waals surface area contributed by atoms with Crippen LogP contribution in [0, 0.1) is 0 Å². The molecule has 1 aliphatic heterocycles. The third kappa shape index (κ3) is 1.44. The molecule has 0 aliphatic carbocycles. The van der Waals surface area contributed by atoms with Crippen molar-refractivity contribution in [2.45, 2.75) is 18.9 Å². The second-order valence-corrected chi connectivity index (χ2v) is 4.98. The normalized spacial score (nSPS) is 19.9. The predicted molar refractivity (Wildman–Crippen MR) is 73.6 cm³/mol. The summed E-state index contributed by atoms with van der Waals surface area (Å²) >= 11 is 0. The predicted octanol–water partition coefficient (Wildman–Crippen LogP) is 3.14. The van der Waals surface area contributed by atoms with Crippen molar-refractivity contribution in [2.24, 2.45) is 0 Å². The van der Waals surface area contributed by atoms with E-state index in [-0.39, 0.29) is 0 Å². The molecule has 0 amide bonds. The number of nitrogens with one attached hydrogen (secondary N) is 2. The zero-order valence-corrected chi connectivity index (χ0v) is 10.1. The highest BCUT2D eigenvalue weighted by Gasteiger charge is 2.17. The van der Waals surface area contributed by atoms with Gasteiger partial charge in [0, 0.05) is 28.5 Å². The number of rotatable bonds is 1. The van der Waals surface area contributed by atoms with E-state index in [1.807, 2.05) is 12.3 Å². The highest BCUT2D eigenvalue weighted by molar-refractivity contribution is 6.05. The van der Waals surface area contributed by atoms with Gasteiger partial charge in [0.05, 0.1) is 0 Å². The molecule has 0 bridgehead atoms. The molecule has 18 heavy (non-hydrogen) atoms. The topological polar surface area (TPSA) is 40.7 Å². The third-order valence-corrected chi connectivity index (χ3v) is 3.86. The molecule has 4 rings (SSSR count). The van der Waals surface area contributed by atoms with Crippen molar-refractivity contribution < 1.29 is 0 Å². The average Bonchev–Trinajstić information content (AvgIpc) is 3.05. The molecule has 0 saturated carbocycles. The Morgan fingerprint density at radius 3 is 3.06 bits per heavy atom. The van der Waals surface area contributed by atoms with Crippen LogP contribution < -0.4 is 5.32 Å². The quantitative estimate of drug-likeness (QED) is 0.682. The molecule has 0 spiro atoms. The average molecular weight is 237 g/mol. The molecule has 1 unspecified atom stereocenters. The molecular formula is C15H15N3. The molecule has 1 saturated heterocycles. The maximum Gasteiger partial charge on any atom is 0.138 e. The van der Waals surface area contributed by atoms with Crippen LogP contribution in [0.2, 0.25) is 0 Å². The minimum Gasteiger partial charge on any atom is -0.339 e. The van der Waals surface area contributed by atoms with E-state index in [1.54, 1.807) is 0 Å². The molecule has 90 valence electrons. The molecular weight excluding hydrogens is 222 g/mol. The van der Waals surface area contributed by atoms with E-state index in [9.17, 15) is 0 Å². The molecule has 2 N–H and O–H groups in total. The van der Waals surface area contributed by atoms with Gasteiger partial charge < -0.3 is 10.3 Å². The highest BCUT2D eigenvalue weighted by atomic mass is 14.9. The molecule has 3 nitrogen and oxygen atoms in total. The van der Waals surface area contributed by atoms with E-state index in [4.69, 9.17) is 0 Å². The number of aromatic nitrogens is 2. The summed E-state index contributed by atoms with van der Waals surface area (Å²) < 4.78 is 0. The van der Waals surface area contributed by atoms with Gasteiger partial charge in [-0.15, -0.1) is 0 Å². The Bertz CT molecular complexity index is 708. The summed E-state index contributed by atoms with van der Waals surface area (Å²) in [5.41, 5.74) is 3.54. The smallest absolute Gasteiger partial charge is 0.138 e. The summed E-state index contributed by atoms with van der Waals surface area (Å²) in [7, 11) is 0. The fraction of sp³-hybridized carbons (Fsp3) is 0.267. The molecule has 1 aliphatic rings. The number of H-pyrrole nitrogens is 1. The number of nitrogens with zero attached hydrogens (tertiary/aromatic N) is 1. The van der Waals surface area contributed by atoms with Gasteiger partial charge in [-0.2, -0.15) is 0 Å². The minimum atomic E-state index is 0.524. The lowest BCUT2D eigenvalue weighted by atomic mass is 10.0. The number of pyridine rings is 1. The van der Waals surface area contributed by atoms with Crippen LogP contribution in [0.5, 0.6) is 0 Å². The highest BCUT2D eigenvalue weighted by Crippen LogP contribution is 2.29. The Morgan fingerprint density at radius 1 is 1.17 bits per heavy atom. The van der Waals surface area contributed by atoms with Crippen LogP contribution in [0.3, 0.4) is 0 Å². The molecule has 1 fully saturated rings. The van der Waals surface area contributed by atoms with Crippen molar-refractivity contribution in [2.75, 3.05) is 6.54 Å². The number of aromatic amines is 1. The Hall–Kier alpha value is -1.87. The zero-order valence-electron chi connectivity index (χ0n) is 10.1. The van der Waals surface area contributed by atoms with Crippen molar-refractivity contribution in [3.8, 4) is 0 Å². The molecule has 1 aromatic carbocycles. The minimum absolute atomic E-state index is 0.524. The molecule has 1 atom stereocenters. The Morgan fingerprint density at radius 2 is 2.17 bits per heavy atom. The van der Waals surface area contributed by atoms with Gasteiger partial charge in [-0.05, 0) is 49.2 Å². The summed E-state index contributed by atoms with van der Waals surface area (Å²) in [4.78, 5) is 7.74. The van der Waals surface area contributed by atoms with Crippen molar-refractivity contribution >= 4 is 21.9 Å². The second-order valence-electron chi connectivity index (χ2n) is 4.98. The van der Waals surface area contributed by atoms with Crippen molar-refractivity contribution in [3.63, 3.8) is 0 Å². The van der Waals surface area contributed by atoms with Crippen molar-refractivity contribution in [1.82, 2.24) is 15.3 Å². The van der Waals surface area contributed by atoms with E-state index in [1.165, 1.54) is 34.7 Å². The van der Waals surface area contributed by atoms with Gasteiger partial charge in [-0.25, -0.2) is 4.98 Å². The van der Waals surface area contributed by atoms with Gasteiger partial charge in [0.2, 0.25) is 0 Å². The first-order valence-electron chi connectivity index (χ1n) is 6.51. The van der Waals surface area contributed by atoms with E-state index in [2.05, 4.69) is 39.6 Å². The summed E-state index contributed by atoms with van der Waals surface area (Å²) in [5.74, 6) is 0. The Balaban J connectivity index is 1.94. The number of fused-ring (bicyclic) bond motifs is 3. The number of hydrogen-bond acceptors (Lipinski definition) is 2. The lowest BCUT2D eigenvalue weighted by Crippen LogP contribution is -2.12. The Kier molecular flexibility index (Phi) is 2.14. The van der Waals surface area contributed by atoms with Crippen molar-refractivity contribution in [3.05, 3.63) is 42.1 Å². The summed E-state index contributed by atoms with van der Waals surface area (Å²) in [6.07, 6.45) is 4.35. The fourth-order valence-corrected chi connectivity index (χ4v) is 2.93. The molecule has 3 heteroatoms. The van der Waals surface area contributed by atoms with Crippen LogP contribution in [0.1, 0.15) is 24.4 Å². The van der Waals surface area contributed by atoms with E-state index in [0.717, 1.165) is 12.2 Å². The number of benzene rings is 1. The summed E-state index contributed by atoms with van der Waals surface area (Å²) in [6, 6.07) is 11.4. The first kappa shape index (κ1) is 10.1. The van der Waals surface area contributed by atoms with E-state index < -0.39 is 0 Å². The van der Waals surface area contributed by atoms with Crippen molar-refractivity contribution in [1.29, 1.82) is 0 Å². The van der Waals surface area contributed by atoms with Crippen LogP contribution in [-0.4, -0.2) is 16.5 Å². The fourth-order valence-electron chi connectivity index (χ4n) is 2.93. The lowest BCUT2D eigenvalue weighted by molar-refractivity contribution is 0.648. The standard InChI is InChI=1S/C15H15N3/c1-3-11-12-9-10(13-4-2-7-16-13)5-6-14(12)18-15(11)17-8-1/h1,3,5-6,8-9,13,16H,2,4,7H2,(H,17,18). The first-order chi connectivity index (χ1) is 8.92. The SMILES string of the molecule is c1cnc2[nH]c3ccc(C4CCCN4)cc3c2c1. The van der Waals surface area contributed by atoms with Crippen LogP contribution in [0.4, 0.5) is 0 Å². The number of hydrogen-bond donors (Lipinski definition) is 2. The van der Waals surface area contributed by atoms with Crippen LogP contribution in [-0.2, 0) is 0 Å². The lowest BCUT2D eigenvalue weighted by Gasteiger charge is -2.10. The summed E-state index contributed by atoms with van der Waals surface area (Å²) in [6.45, 7) is 1.14. The molecule has 3 heterocycles. The maximum absolute atomic E-state index is 4.37. The second kappa shape index (κ2) is 3.82. The molecule has 2 aromatic heterocycles. The maximum atomic E-state index is 4.37. The zero-order chi connectivity index (χ0) is 11.9. The van der Waals surface area contributed by atoms with Crippen LogP contribution in [0.15, 0.2) is 36.5 Å². The van der Waals surface area contributed by atoms with Crippen LogP contribution >= 0.6 is 0 Å². The monoisotopic (exact) mass is 237 g/mol. The Labute approximate surface area is 105 Å². The molecule has 3 aromatic rings. The van der Waals surface area contributed by atoms with Gasteiger partial charge >= 0.3 is 0 Å². The first-order valence-corrected chi connectivity index (χ1v) is 6.51. The van der Waals surface area contributed by atoms with Gasteiger partial charge in [-0.1, -0.05) is 6.07 Å². The largest absolute Gasteiger partial charge is 0.339 e. The van der Waals surface area contributed by atoms with Gasteiger partial charge in [0.1, 0.15) is 5.65 Å². The van der Waals surface area contributed by atoms with Gasteiger partial charge in [0.15, 0.2) is 0 Å². The van der Waals surface area contributed by atoms with Gasteiger partial charge in [-0.3, -0.25) is 0 Å². The molecule has 0 radical (unpaired) electrons. The van der Waals surface area contributed by atoms with E-state index >= 15 is 0 Å². The summed E-state index contributed by atoms with van der Waals surface area (Å²) in [5, 5.41) is 6.05. The third-order valence-electron chi connectivity index (χ3n) is 3.86. The van der Waals surface area contributed by atoms with Gasteiger partial charge in [0.25, 0.3) is 0 Å².